The van der Waals surface area contributed by atoms with Crippen LogP contribution >= 0.6 is 7.60 Å². The topological polar surface area (TPSA) is 142 Å². The molecule has 0 saturated heterocycles. The van der Waals surface area contributed by atoms with Gasteiger partial charge < -0.3 is 19.6 Å². The van der Waals surface area contributed by atoms with Crippen molar-refractivity contribution < 1.29 is 24.2 Å². The second-order valence-corrected chi connectivity index (χ2v) is 6.76. The molecule has 1 aromatic heterocycles. The number of ether oxygens (including phenoxy) is 1. The zero-order valence-corrected chi connectivity index (χ0v) is 12.2. The van der Waals surface area contributed by atoms with Crippen molar-refractivity contribution in [1.82, 2.24) is 9.55 Å². The molecule has 1 fully saturated rings. The maximum atomic E-state index is 11.8. The van der Waals surface area contributed by atoms with E-state index in [0.717, 1.165) is 0 Å². The highest BCUT2D eigenvalue weighted by Gasteiger charge is 2.36. The number of H-pyrrole nitrogens is 1. The number of aliphatic hydroxyl groups excluding tert-OH is 1. The van der Waals surface area contributed by atoms with Gasteiger partial charge in [-0.15, -0.1) is 0 Å². The van der Waals surface area contributed by atoms with Gasteiger partial charge in [0.05, 0.1) is 12.2 Å². The summed E-state index contributed by atoms with van der Waals surface area (Å²) >= 11 is 0. The molecule has 1 aromatic rings. The Morgan fingerprint density at radius 1 is 1.43 bits per heavy atom. The van der Waals surface area contributed by atoms with Crippen molar-refractivity contribution in [1.29, 1.82) is 0 Å². The molecule has 0 aliphatic heterocycles. The molecule has 0 bridgehead atoms. The average Bonchev–Trinajstić information content (AvgIpc) is 2.72. The summed E-state index contributed by atoms with van der Waals surface area (Å²) in [4.78, 5) is 42.8. The molecule has 1 heterocycles. The highest BCUT2D eigenvalue weighted by molar-refractivity contribution is 7.51. The highest BCUT2D eigenvalue weighted by atomic mass is 31.2. The molecule has 9 nitrogen and oxygen atoms in total. The van der Waals surface area contributed by atoms with Crippen LogP contribution in [0, 0.1) is 6.92 Å². The van der Waals surface area contributed by atoms with Crippen molar-refractivity contribution in [3.63, 3.8) is 0 Å². The predicted molar refractivity (Wildman–Crippen MR) is 72.1 cm³/mol. The zero-order chi connectivity index (χ0) is 15.8. The van der Waals surface area contributed by atoms with Gasteiger partial charge in [-0.1, -0.05) is 0 Å². The smallest absolute Gasteiger partial charge is 0.350 e. The molecule has 4 N–H and O–H groups in total. The van der Waals surface area contributed by atoms with Gasteiger partial charge in [0.2, 0.25) is 0 Å². The number of rotatable bonds is 4. The number of aliphatic hydroxyl groups is 1. The molecule has 0 unspecified atom stereocenters. The first-order chi connectivity index (χ1) is 9.67. The van der Waals surface area contributed by atoms with E-state index in [1.54, 1.807) is 6.92 Å². The van der Waals surface area contributed by atoms with Crippen LogP contribution < -0.4 is 11.2 Å². The largest absolute Gasteiger partial charge is 0.390 e. The molecule has 1 aliphatic rings. The highest BCUT2D eigenvalue weighted by Crippen LogP contribution is 2.38. The van der Waals surface area contributed by atoms with Gasteiger partial charge in [0.25, 0.3) is 5.56 Å². The maximum Gasteiger partial charge on any atom is 0.350 e. The molecule has 1 aliphatic carbocycles. The molecule has 10 heteroatoms. The lowest BCUT2D eigenvalue weighted by Gasteiger charge is -2.16. The van der Waals surface area contributed by atoms with E-state index in [-0.39, 0.29) is 12.8 Å². The lowest BCUT2D eigenvalue weighted by Crippen LogP contribution is -2.32. The number of aromatic amines is 1. The van der Waals surface area contributed by atoms with E-state index >= 15 is 0 Å². The summed E-state index contributed by atoms with van der Waals surface area (Å²) in [7, 11) is -4.31. The molecule has 0 spiro atoms. The third-order valence-electron chi connectivity index (χ3n) is 3.44. The minimum Gasteiger partial charge on any atom is -0.390 e. The summed E-state index contributed by atoms with van der Waals surface area (Å²) in [5, 5.41) is 9.87. The number of hydrogen-bond acceptors (Lipinski definition) is 5. The first kappa shape index (κ1) is 16.1. The quantitative estimate of drug-likeness (QED) is 0.524. The molecule has 118 valence electrons. The monoisotopic (exact) mass is 320 g/mol. The van der Waals surface area contributed by atoms with Gasteiger partial charge in [-0.05, 0) is 19.8 Å². The first-order valence-corrected chi connectivity index (χ1v) is 8.13. The number of nitrogens with zero attached hydrogens (tertiary/aromatic N) is 1. The van der Waals surface area contributed by atoms with E-state index < -0.39 is 43.4 Å². The van der Waals surface area contributed by atoms with Crippen LogP contribution in [0.25, 0.3) is 0 Å². The third-order valence-corrected chi connectivity index (χ3v) is 3.93. The Hall–Kier alpha value is -1.25. The summed E-state index contributed by atoms with van der Waals surface area (Å²) in [5.74, 6) is 0. The molecular weight excluding hydrogens is 303 g/mol. The Bertz CT molecular complexity index is 676. The van der Waals surface area contributed by atoms with Gasteiger partial charge in [-0.3, -0.25) is 18.9 Å². The van der Waals surface area contributed by atoms with Crippen LogP contribution in [0.3, 0.4) is 0 Å². The van der Waals surface area contributed by atoms with E-state index in [9.17, 15) is 19.3 Å². The van der Waals surface area contributed by atoms with Gasteiger partial charge >= 0.3 is 13.3 Å². The van der Waals surface area contributed by atoms with E-state index in [1.165, 1.54) is 10.8 Å². The number of aromatic nitrogens is 2. The van der Waals surface area contributed by atoms with Crippen LogP contribution in [0.5, 0.6) is 0 Å². The summed E-state index contributed by atoms with van der Waals surface area (Å²) < 4.78 is 17.1. The summed E-state index contributed by atoms with van der Waals surface area (Å²) in [6.07, 6.45) is -0.628. The van der Waals surface area contributed by atoms with Crippen molar-refractivity contribution >= 4 is 7.60 Å². The number of aryl methyl sites for hydroxylation is 1. The van der Waals surface area contributed by atoms with Gasteiger partial charge in [0, 0.05) is 17.8 Å². The fourth-order valence-corrected chi connectivity index (χ4v) is 2.79. The molecule has 0 radical (unpaired) electrons. The maximum absolute atomic E-state index is 11.8. The minimum atomic E-state index is -4.31. The van der Waals surface area contributed by atoms with E-state index in [2.05, 4.69) is 4.98 Å². The van der Waals surface area contributed by atoms with Gasteiger partial charge in [0.15, 0.2) is 0 Å². The molecule has 2 rings (SSSR count). The van der Waals surface area contributed by atoms with Crippen LogP contribution in [0.2, 0.25) is 0 Å². The number of hydrogen-bond donors (Lipinski definition) is 4. The fraction of sp³-hybridized carbons (Fsp3) is 0.636. The average molecular weight is 320 g/mol. The van der Waals surface area contributed by atoms with Crippen LogP contribution in [-0.2, 0) is 9.30 Å². The predicted octanol–water partition coefficient (Wildman–Crippen LogP) is -0.939. The lowest BCUT2D eigenvalue weighted by molar-refractivity contribution is -0.00426. The van der Waals surface area contributed by atoms with Crippen molar-refractivity contribution in [2.45, 2.75) is 38.0 Å². The molecule has 1 saturated carbocycles. The standard InChI is InChI=1S/C11H17N2O7P/c1-6-4-13(11(16)12-10(6)15)7-2-8(14)9(3-7)20-5-21(17,18)19/h4,7-9,14H,2-3,5H2,1H3,(H,12,15,16)(H2,17,18,19)/t7-,8-,9-/m0/s1. The summed E-state index contributed by atoms with van der Waals surface area (Å²) in [6.45, 7) is 1.56. The molecule has 0 aromatic carbocycles. The minimum absolute atomic E-state index is 0.206. The first-order valence-electron chi connectivity index (χ1n) is 6.33. The van der Waals surface area contributed by atoms with Crippen LogP contribution in [-0.4, -0.2) is 43.0 Å². The van der Waals surface area contributed by atoms with Crippen LogP contribution in [0.4, 0.5) is 0 Å². The van der Waals surface area contributed by atoms with Crippen molar-refractivity contribution in [2.24, 2.45) is 0 Å². The number of nitrogens with one attached hydrogen (secondary N) is 1. The van der Waals surface area contributed by atoms with Crippen molar-refractivity contribution in [3.8, 4) is 0 Å². The second-order valence-electron chi connectivity index (χ2n) is 5.17. The van der Waals surface area contributed by atoms with E-state index in [1.807, 2.05) is 0 Å². The Kier molecular flexibility index (Phi) is 4.50. The summed E-state index contributed by atoms with van der Waals surface area (Å²) in [5.41, 5.74) is -0.689. The normalized spacial score (nSPS) is 26.2. The van der Waals surface area contributed by atoms with Crippen molar-refractivity contribution in [2.75, 3.05) is 6.35 Å². The lowest BCUT2D eigenvalue weighted by atomic mass is 10.2. The Labute approximate surface area is 119 Å². The Morgan fingerprint density at radius 3 is 2.71 bits per heavy atom. The Morgan fingerprint density at radius 2 is 2.10 bits per heavy atom. The van der Waals surface area contributed by atoms with E-state index in [4.69, 9.17) is 14.5 Å². The van der Waals surface area contributed by atoms with Crippen LogP contribution in [0.1, 0.15) is 24.4 Å². The van der Waals surface area contributed by atoms with Gasteiger partial charge in [-0.2, -0.15) is 0 Å². The molecule has 3 atom stereocenters. The van der Waals surface area contributed by atoms with Gasteiger partial charge in [0.1, 0.15) is 6.35 Å². The zero-order valence-electron chi connectivity index (χ0n) is 11.3. The molecule has 21 heavy (non-hydrogen) atoms. The van der Waals surface area contributed by atoms with Crippen molar-refractivity contribution in [3.05, 3.63) is 32.6 Å². The molecular formula is C11H17N2O7P. The third kappa shape index (κ3) is 3.90. The van der Waals surface area contributed by atoms with Gasteiger partial charge in [-0.25, -0.2) is 4.79 Å². The second kappa shape index (κ2) is 5.86. The van der Waals surface area contributed by atoms with Crippen LogP contribution in [0.15, 0.2) is 15.8 Å². The SMILES string of the molecule is Cc1cn([C@@H]2C[C@H](OCP(=O)(O)O)[C@@H](O)C2)c(=O)[nH]c1=O. The fourth-order valence-electron chi connectivity index (χ4n) is 2.41. The summed E-state index contributed by atoms with van der Waals surface area (Å²) in [6, 6.07) is -0.398. The van der Waals surface area contributed by atoms with E-state index in [0.29, 0.717) is 5.56 Å². The Balaban J connectivity index is 2.14. The molecule has 0 amide bonds.